The van der Waals surface area contributed by atoms with E-state index in [1.807, 2.05) is 42.5 Å². The van der Waals surface area contributed by atoms with Gasteiger partial charge < -0.3 is 21.1 Å². The summed E-state index contributed by atoms with van der Waals surface area (Å²) < 4.78 is 5.71. The van der Waals surface area contributed by atoms with E-state index in [1.165, 1.54) is 0 Å². The van der Waals surface area contributed by atoms with Gasteiger partial charge in [0.05, 0.1) is 6.04 Å². The Bertz CT molecular complexity index is 1030. The van der Waals surface area contributed by atoms with E-state index in [0.717, 1.165) is 27.7 Å². The monoisotopic (exact) mass is 482 g/mol. The molecule has 2 aromatic rings. The molecule has 1 aliphatic rings. The van der Waals surface area contributed by atoms with E-state index in [1.54, 1.807) is 20.8 Å². The summed E-state index contributed by atoms with van der Waals surface area (Å²) in [5, 5.41) is 8.17. The number of hydrogen-bond acceptors (Lipinski definition) is 6. The van der Waals surface area contributed by atoms with Gasteiger partial charge in [0.25, 0.3) is 5.91 Å². The number of amides is 3. The third-order valence-corrected chi connectivity index (χ3v) is 6.37. The Balaban J connectivity index is 2.01. The Morgan fingerprint density at radius 1 is 1.20 bits per heavy atom. The summed E-state index contributed by atoms with van der Waals surface area (Å²) in [7, 11) is 0. The predicted octanol–water partition coefficient (Wildman–Crippen LogP) is 2.14. The topological polar surface area (TPSA) is 114 Å². The molecule has 0 aromatic heterocycles. The highest BCUT2D eigenvalue weighted by atomic mass is 16.5. The molecule has 0 bridgehead atoms. The first kappa shape index (κ1) is 26.8. The third kappa shape index (κ3) is 6.66. The quantitative estimate of drug-likeness (QED) is 0.423. The van der Waals surface area contributed by atoms with Crippen molar-refractivity contribution < 1.29 is 19.1 Å². The van der Waals surface area contributed by atoms with E-state index in [4.69, 9.17) is 10.5 Å². The van der Waals surface area contributed by atoms with Crippen molar-refractivity contribution in [3.8, 4) is 0 Å². The van der Waals surface area contributed by atoms with Crippen molar-refractivity contribution in [3.05, 3.63) is 48.0 Å². The van der Waals surface area contributed by atoms with Crippen molar-refractivity contribution in [2.45, 2.75) is 64.1 Å². The first-order valence-electron chi connectivity index (χ1n) is 12.5. The van der Waals surface area contributed by atoms with Crippen LogP contribution in [0.25, 0.3) is 10.8 Å². The van der Waals surface area contributed by atoms with Crippen LogP contribution in [0.5, 0.6) is 0 Å². The third-order valence-electron chi connectivity index (χ3n) is 6.37. The van der Waals surface area contributed by atoms with Crippen molar-refractivity contribution in [3.63, 3.8) is 0 Å². The van der Waals surface area contributed by atoms with Crippen LogP contribution in [0.1, 0.15) is 45.6 Å². The van der Waals surface area contributed by atoms with Gasteiger partial charge in [-0.25, -0.2) is 0 Å². The fraction of sp³-hybridized carbons (Fsp3) is 0.519. The molecule has 2 aromatic carbocycles. The van der Waals surface area contributed by atoms with E-state index >= 15 is 0 Å². The highest BCUT2D eigenvalue weighted by Crippen LogP contribution is 2.23. The summed E-state index contributed by atoms with van der Waals surface area (Å²) >= 11 is 0. The summed E-state index contributed by atoms with van der Waals surface area (Å²) in [5.74, 6) is -1.28. The largest absolute Gasteiger partial charge is 0.366 e. The zero-order valence-corrected chi connectivity index (χ0v) is 21.0. The lowest BCUT2D eigenvalue weighted by Gasteiger charge is -2.36. The molecular formula is C27H38N4O4. The second-order valence-electron chi connectivity index (χ2n) is 9.44. The summed E-state index contributed by atoms with van der Waals surface area (Å²) in [6.45, 7) is 6.88. The molecule has 0 aliphatic carbocycles. The lowest BCUT2D eigenvalue weighted by Crippen LogP contribution is -2.61. The maximum atomic E-state index is 13.8. The van der Waals surface area contributed by atoms with E-state index in [9.17, 15) is 14.4 Å². The van der Waals surface area contributed by atoms with Crippen LogP contribution in [-0.4, -0.2) is 66.5 Å². The molecule has 1 fully saturated rings. The van der Waals surface area contributed by atoms with Crippen LogP contribution >= 0.6 is 0 Å². The summed E-state index contributed by atoms with van der Waals surface area (Å²) in [6.07, 6.45) is 2.26. The average Bonchev–Trinajstić information content (AvgIpc) is 3.38. The number of nitrogens with one attached hydrogen (secondary N) is 2. The molecule has 4 N–H and O–H groups in total. The lowest BCUT2D eigenvalue weighted by molar-refractivity contribution is -0.166. The highest BCUT2D eigenvalue weighted by Gasteiger charge is 2.44. The van der Waals surface area contributed by atoms with Crippen LogP contribution in [0.2, 0.25) is 0 Å². The standard InChI is InChI=1S/C27H38N4O4/c1-4-35-27(2,3)26(34)31(25(33)22-11-7-15-29-22)23(24(32)30-16-8-14-28)18-19-12-13-20-9-5-6-10-21(20)17-19/h5-6,9-10,12-13,17,22-23,29H,4,7-8,11,14-16,18,28H2,1-3H3,(H,30,32)/t22-,23+/m0/s1. The SMILES string of the molecule is CCOC(C)(C)C(=O)N(C(=O)[C@@H]1CCCN1)[C@H](Cc1ccc2ccccc2c1)C(=O)NCCCN. The molecule has 1 aliphatic heterocycles. The second-order valence-corrected chi connectivity index (χ2v) is 9.44. The average molecular weight is 483 g/mol. The number of carbonyl (C=O) groups is 3. The Hall–Kier alpha value is -2.81. The normalized spacial score (nSPS) is 16.7. The van der Waals surface area contributed by atoms with Gasteiger partial charge in [-0.2, -0.15) is 0 Å². The number of ether oxygens (including phenoxy) is 1. The first-order valence-corrected chi connectivity index (χ1v) is 12.5. The number of hydrogen-bond donors (Lipinski definition) is 3. The number of rotatable bonds is 11. The molecule has 1 saturated heterocycles. The Morgan fingerprint density at radius 2 is 1.94 bits per heavy atom. The number of benzene rings is 2. The lowest BCUT2D eigenvalue weighted by atomic mass is 9.97. The minimum atomic E-state index is -1.26. The first-order chi connectivity index (χ1) is 16.8. The zero-order chi connectivity index (χ0) is 25.4. The minimum Gasteiger partial charge on any atom is -0.366 e. The Kier molecular flexibility index (Phi) is 9.37. The van der Waals surface area contributed by atoms with Crippen LogP contribution in [0.3, 0.4) is 0 Å². The van der Waals surface area contributed by atoms with Gasteiger partial charge in [0.2, 0.25) is 11.8 Å². The van der Waals surface area contributed by atoms with Gasteiger partial charge in [0.1, 0.15) is 11.6 Å². The molecule has 0 radical (unpaired) electrons. The molecule has 190 valence electrons. The zero-order valence-electron chi connectivity index (χ0n) is 21.0. The predicted molar refractivity (Wildman–Crippen MR) is 137 cm³/mol. The van der Waals surface area contributed by atoms with E-state index < -0.39 is 23.6 Å². The van der Waals surface area contributed by atoms with Crippen LogP contribution in [0.15, 0.2) is 42.5 Å². The van der Waals surface area contributed by atoms with Crippen molar-refractivity contribution in [2.24, 2.45) is 5.73 Å². The van der Waals surface area contributed by atoms with E-state index in [2.05, 4.69) is 10.6 Å². The van der Waals surface area contributed by atoms with Gasteiger partial charge in [0, 0.05) is 19.6 Å². The maximum Gasteiger partial charge on any atom is 0.261 e. The van der Waals surface area contributed by atoms with E-state index in [0.29, 0.717) is 39.1 Å². The number of nitrogens with zero attached hydrogens (tertiary/aromatic N) is 1. The van der Waals surface area contributed by atoms with Crippen LogP contribution < -0.4 is 16.4 Å². The van der Waals surface area contributed by atoms with Crippen LogP contribution in [0.4, 0.5) is 0 Å². The molecular weight excluding hydrogens is 444 g/mol. The summed E-state index contributed by atoms with van der Waals surface area (Å²) in [4.78, 5) is 42.1. The second kappa shape index (κ2) is 12.2. The van der Waals surface area contributed by atoms with Crippen molar-refractivity contribution >= 4 is 28.5 Å². The molecule has 0 unspecified atom stereocenters. The van der Waals surface area contributed by atoms with Crippen molar-refractivity contribution in [1.29, 1.82) is 0 Å². The Morgan fingerprint density at radius 3 is 2.60 bits per heavy atom. The molecule has 1 heterocycles. The molecule has 3 amide bonds. The maximum absolute atomic E-state index is 13.8. The van der Waals surface area contributed by atoms with Gasteiger partial charge >= 0.3 is 0 Å². The van der Waals surface area contributed by atoms with Crippen LogP contribution in [-0.2, 0) is 25.5 Å². The molecule has 35 heavy (non-hydrogen) atoms. The van der Waals surface area contributed by atoms with Gasteiger partial charge in [-0.05, 0) is 69.5 Å². The number of carbonyl (C=O) groups excluding carboxylic acids is 3. The van der Waals surface area contributed by atoms with Gasteiger partial charge in [-0.3, -0.25) is 19.3 Å². The van der Waals surface area contributed by atoms with Gasteiger partial charge in [-0.1, -0.05) is 42.5 Å². The molecule has 3 rings (SSSR count). The Labute approximate surface area is 207 Å². The van der Waals surface area contributed by atoms with E-state index in [-0.39, 0.29) is 18.2 Å². The van der Waals surface area contributed by atoms with Crippen molar-refractivity contribution in [1.82, 2.24) is 15.5 Å². The molecule has 0 spiro atoms. The van der Waals surface area contributed by atoms with Gasteiger partial charge in [0.15, 0.2) is 0 Å². The van der Waals surface area contributed by atoms with Crippen molar-refractivity contribution in [2.75, 3.05) is 26.2 Å². The molecule has 0 saturated carbocycles. The van der Waals surface area contributed by atoms with Gasteiger partial charge in [-0.15, -0.1) is 0 Å². The number of imide groups is 1. The smallest absolute Gasteiger partial charge is 0.261 e. The summed E-state index contributed by atoms with van der Waals surface area (Å²) in [5.41, 5.74) is 5.20. The number of fused-ring (bicyclic) bond motifs is 1. The number of nitrogens with two attached hydrogens (primary N) is 1. The molecule has 8 heteroatoms. The minimum absolute atomic E-state index is 0.200. The fourth-order valence-electron chi connectivity index (χ4n) is 4.49. The molecule has 2 atom stereocenters. The summed E-state index contributed by atoms with van der Waals surface area (Å²) in [6, 6.07) is 12.4. The fourth-order valence-corrected chi connectivity index (χ4v) is 4.49. The van der Waals surface area contributed by atoms with Crippen LogP contribution in [0, 0.1) is 0 Å². The highest BCUT2D eigenvalue weighted by molar-refractivity contribution is 6.05. The molecule has 8 nitrogen and oxygen atoms in total.